The molecule has 0 radical (unpaired) electrons. The monoisotopic (exact) mass is 210 g/mol. The summed E-state index contributed by atoms with van der Waals surface area (Å²) in [5, 5.41) is 0. The number of hydrogen-bond donors (Lipinski definition) is 0. The van der Waals surface area contributed by atoms with Crippen LogP contribution in [0.5, 0.6) is 0 Å². The highest BCUT2D eigenvalue weighted by Gasteiger charge is 2.22. The van der Waals surface area contributed by atoms with Crippen molar-refractivity contribution in [1.29, 1.82) is 0 Å². The Kier molecular flexibility index (Phi) is 3.55. The Bertz CT molecular complexity index is 387. The average Bonchev–Trinajstić information content (AvgIpc) is 2.15. The van der Waals surface area contributed by atoms with Crippen LogP contribution in [-0.2, 0) is 14.3 Å². The van der Waals surface area contributed by atoms with Crippen LogP contribution in [0.1, 0.15) is 25.5 Å². The fourth-order valence-electron chi connectivity index (χ4n) is 1.22. The van der Waals surface area contributed by atoms with Crippen molar-refractivity contribution in [3.63, 3.8) is 0 Å². The Balaban J connectivity index is 3.04. The molecule has 1 aromatic rings. The van der Waals surface area contributed by atoms with E-state index in [2.05, 4.69) is 0 Å². The molecule has 3 nitrogen and oxygen atoms in total. The summed E-state index contributed by atoms with van der Waals surface area (Å²) in [5.41, 5.74) is 0.0835. The summed E-state index contributed by atoms with van der Waals surface area (Å²) in [4.78, 5) is 21.9. The highest BCUT2D eigenvalue weighted by atomic mass is 19.1. The Labute approximate surface area is 86.9 Å². The van der Waals surface area contributed by atoms with Gasteiger partial charge in [-0.05, 0) is 13.0 Å². The first-order valence-corrected chi connectivity index (χ1v) is 4.44. The van der Waals surface area contributed by atoms with Gasteiger partial charge in [0.05, 0.1) is 0 Å². The molecule has 0 N–H and O–H groups in total. The third kappa shape index (κ3) is 2.87. The van der Waals surface area contributed by atoms with E-state index in [0.29, 0.717) is 0 Å². The molecule has 4 heteroatoms. The number of ketones is 1. The summed E-state index contributed by atoms with van der Waals surface area (Å²) in [6.45, 7) is 2.43. The number of Topliss-reactive ketones (excluding diaryl/α,β-unsaturated/α-hetero) is 1. The van der Waals surface area contributed by atoms with Crippen LogP contribution in [0.4, 0.5) is 4.39 Å². The van der Waals surface area contributed by atoms with E-state index in [0.717, 1.165) is 0 Å². The fraction of sp³-hybridized carbons (Fsp3) is 0.273. The summed E-state index contributed by atoms with van der Waals surface area (Å²) in [7, 11) is 0. The van der Waals surface area contributed by atoms with Crippen molar-refractivity contribution in [3.05, 3.63) is 35.6 Å². The SMILES string of the molecule is CC(=O)O[C@H](C(C)=O)c1ccccc1F. The van der Waals surface area contributed by atoms with Gasteiger partial charge in [-0.2, -0.15) is 0 Å². The predicted octanol–water partition coefficient (Wildman–Crippen LogP) is 2.02. The van der Waals surface area contributed by atoms with Crippen molar-refractivity contribution in [2.75, 3.05) is 0 Å². The molecular formula is C11H11FO3. The van der Waals surface area contributed by atoms with Gasteiger partial charge in [0.15, 0.2) is 11.9 Å². The zero-order chi connectivity index (χ0) is 11.4. The molecule has 0 aliphatic heterocycles. The van der Waals surface area contributed by atoms with Gasteiger partial charge in [0.25, 0.3) is 0 Å². The number of rotatable bonds is 3. The van der Waals surface area contributed by atoms with Crippen molar-refractivity contribution in [2.45, 2.75) is 20.0 Å². The number of esters is 1. The largest absolute Gasteiger partial charge is 0.449 e. The van der Waals surface area contributed by atoms with E-state index in [1.165, 1.54) is 32.0 Å². The van der Waals surface area contributed by atoms with Crippen molar-refractivity contribution >= 4 is 11.8 Å². The van der Waals surface area contributed by atoms with E-state index in [1.54, 1.807) is 6.07 Å². The van der Waals surface area contributed by atoms with Gasteiger partial charge in [-0.1, -0.05) is 18.2 Å². The Morgan fingerprint density at radius 3 is 2.33 bits per heavy atom. The summed E-state index contributed by atoms with van der Waals surface area (Å²) in [6.07, 6.45) is -1.15. The molecule has 0 fully saturated rings. The van der Waals surface area contributed by atoms with Crippen molar-refractivity contribution in [3.8, 4) is 0 Å². The predicted molar refractivity (Wildman–Crippen MR) is 51.6 cm³/mol. The highest BCUT2D eigenvalue weighted by molar-refractivity contribution is 5.84. The molecule has 0 amide bonds. The maximum atomic E-state index is 13.3. The molecule has 80 valence electrons. The van der Waals surface area contributed by atoms with Gasteiger partial charge < -0.3 is 4.74 Å². The summed E-state index contributed by atoms with van der Waals surface area (Å²) < 4.78 is 18.1. The van der Waals surface area contributed by atoms with Crippen molar-refractivity contribution in [1.82, 2.24) is 0 Å². The fourth-order valence-corrected chi connectivity index (χ4v) is 1.22. The number of halogens is 1. The van der Waals surface area contributed by atoms with Crippen LogP contribution in [0, 0.1) is 5.82 Å². The maximum Gasteiger partial charge on any atom is 0.303 e. The number of benzene rings is 1. The second kappa shape index (κ2) is 4.68. The summed E-state index contributed by atoms with van der Waals surface area (Å²) in [5.74, 6) is -1.58. The molecule has 1 rings (SSSR count). The van der Waals surface area contributed by atoms with Crippen LogP contribution in [0.25, 0.3) is 0 Å². The topological polar surface area (TPSA) is 43.4 Å². The standard InChI is InChI=1S/C11H11FO3/c1-7(13)11(15-8(2)14)9-5-3-4-6-10(9)12/h3-6,11H,1-2H3/t11-/m1/s1. The molecule has 15 heavy (non-hydrogen) atoms. The van der Waals surface area contributed by atoms with E-state index in [9.17, 15) is 14.0 Å². The lowest BCUT2D eigenvalue weighted by molar-refractivity contribution is -0.152. The molecule has 0 aliphatic rings. The molecule has 0 unspecified atom stereocenters. The Morgan fingerprint density at radius 2 is 1.87 bits per heavy atom. The van der Waals surface area contributed by atoms with Gasteiger partial charge in [-0.15, -0.1) is 0 Å². The minimum atomic E-state index is -1.15. The molecule has 0 aromatic heterocycles. The number of hydrogen-bond acceptors (Lipinski definition) is 3. The minimum Gasteiger partial charge on any atom is -0.449 e. The van der Waals surface area contributed by atoms with E-state index < -0.39 is 23.7 Å². The van der Waals surface area contributed by atoms with Crippen LogP contribution in [-0.4, -0.2) is 11.8 Å². The lowest BCUT2D eigenvalue weighted by Crippen LogP contribution is -2.17. The van der Waals surface area contributed by atoms with Crippen LogP contribution >= 0.6 is 0 Å². The smallest absolute Gasteiger partial charge is 0.303 e. The number of carbonyl (C=O) groups excluding carboxylic acids is 2. The van der Waals surface area contributed by atoms with Crippen molar-refractivity contribution < 1.29 is 18.7 Å². The molecular weight excluding hydrogens is 199 g/mol. The minimum absolute atomic E-state index is 0.0835. The first-order valence-electron chi connectivity index (χ1n) is 4.44. The van der Waals surface area contributed by atoms with Crippen LogP contribution in [0.15, 0.2) is 24.3 Å². The van der Waals surface area contributed by atoms with Gasteiger partial charge in [-0.25, -0.2) is 4.39 Å². The van der Waals surface area contributed by atoms with E-state index in [-0.39, 0.29) is 5.56 Å². The highest BCUT2D eigenvalue weighted by Crippen LogP contribution is 2.21. The quantitative estimate of drug-likeness (QED) is 0.717. The lowest BCUT2D eigenvalue weighted by atomic mass is 10.1. The molecule has 1 atom stereocenters. The molecule has 0 spiro atoms. The number of carbonyl (C=O) groups is 2. The zero-order valence-electron chi connectivity index (χ0n) is 8.49. The Hall–Kier alpha value is -1.71. The van der Waals surface area contributed by atoms with E-state index in [4.69, 9.17) is 4.74 Å². The van der Waals surface area contributed by atoms with Crippen LogP contribution in [0.3, 0.4) is 0 Å². The van der Waals surface area contributed by atoms with Gasteiger partial charge in [0.1, 0.15) is 5.82 Å². The normalized spacial score (nSPS) is 11.9. The molecule has 0 saturated heterocycles. The second-order valence-electron chi connectivity index (χ2n) is 3.12. The number of ether oxygens (including phenoxy) is 1. The third-order valence-corrected chi connectivity index (χ3v) is 1.84. The van der Waals surface area contributed by atoms with Gasteiger partial charge in [0.2, 0.25) is 0 Å². The third-order valence-electron chi connectivity index (χ3n) is 1.84. The lowest BCUT2D eigenvalue weighted by Gasteiger charge is -2.14. The average molecular weight is 210 g/mol. The zero-order valence-corrected chi connectivity index (χ0v) is 8.49. The first kappa shape index (κ1) is 11.4. The van der Waals surface area contributed by atoms with E-state index >= 15 is 0 Å². The van der Waals surface area contributed by atoms with Gasteiger partial charge >= 0.3 is 5.97 Å². The first-order chi connectivity index (χ1) is 7.02. The second-order valence-corrected chi connectivity index (χ2v) is 3.12. The summed E-state index contributed by atoms with van der Waals surface area (Å²) in [6, 6.07) is 5.72. The molecule has 1 aromatic carbocycles. The van der Waals surface area contributed by atoms with Gasteiger partial charge in [-0.3, -0.25) is 9.59 Å². The van der Waals surface area contributed by atoms with E-state index in [1.807, 2.05) is 0 Å². The van der Waals surface area contributed by atoms with Crippen molar-refractivity contribution in [2.24, 2.45) is 0 Å². The molecule has 0 bridgehead atoms. The van der Waals surface area contributed by atoms with Crippen LogP contribution in [0.2, 0.25) is 0 Å². The Morgan fingerprint density at radius 1 is 1.27 bits per heavy atom. The summed E-state index contributed by atoms with van der Waals surface area (Å²) >= 11 is 0. The maximum absolute atomic E-state index is 13.3. The molecule has 0 aliphatic carbocycles. The molecule has 0 heterocycles. The molecule has 0 saturated carbocycles. The van der Waals surface area contributed by atoms with Crippen LogP contribution < -0.4 is 0 Å². The van der Waals surface area contributed by atoms with Gasteiger partial charge in [0, 0.05) is 12.5 Å².